The van der Waals surface area contributed by atoms with Gasteiger partial charge < -0.3 is 15.1 Å². The Morgan fingerprint density at radius 1 is 1.03 bits per heavy atom. The van der Waals surface area contributed by atoms with Crippen LogP contribution in [0.1, 0.15) is 16.2 Å². The minimum absolute atomic E-state index is 0.112. The van der Waals surface area contributed by atoms with E-state index >= 15 is 0 Å². The first-order valence-corrected chi connectivity index (χ1v) is 9.82. The van der Waals surface area contributed by atoms with Crippen LogP contribution in [0.25, 0.3) is 0 Å². The molecule has 1 amide bonds. The molecule has 0 unspecified atom stereocenters. The molecule has 0 atom stereocenters. The summed E-state index contributed by atoms with van der Waals surface area (Å²) in [7, 11) is 0. The lowest BCUT2D eigenvalue weighted by Crippen LogP contribution is -2.49. The van der Waals surface area contributed by atoms with Gasteiger partial charge in [-0.15, -0.1) is 0 Å². The monoisotopic (exact) mass is 419 g/mol. The molecule has 2 aromatic heterocycles. The van der Waals surface area contributed by atoms with Gasteiger partial charge in [0.05, 0.1) is 4.92 Å². The molecule has 0 bridgehead atoms. The van der Waals surface area contributed by atoms with Crippen LogP contribution < -0.4 is 10.2 Å². The molecule has 31 heavy (non-hydrogen) atoms. The van der Waals surface area contributed by atoms with E-state index in [9.17, 15) is 14.9 Å². The number of nitrogens with zero attached hydrogens (tertiary/aromatic N) is 6. The average molecular weight is 419 g/mol. The molecular formula is C21H21N7O3. The molecule has 3 heterocycles. The highest BCUT2D eigenvalue weighted by Gasteiger charge is 2.27. The molecule has 10 heteroatoms. The van der Waals surface area contributed by atoms with Crippen molar-refractivity contribution in [3.63, 3.8) is 0 Å². The SMILES string of the molecule is Cc1nc(Nc2ccccn2)cc(N2CCN(C(=O)c3ccccc3[N+](=O)[O-])CC2)n1. The quantitative estimate of drug-likeness (QED) is 0.496. The lowest BCUT2D eigenvalue weighted by molar-refractivity contribution is -0.385. The van der Waals surface area contributed by atoms with E-state index in [1.807, 2.05) is 31.2 Å². The number of hydrogen-bond acceptors (Lipinski definition) is 8. The number of carbonyl (C=O) groups is 1. The van der Waals surface area contributed by atoms with Gasteiger partial charge in [0.15, 0.2) is 0 Å². The van der Waals surface area contributed by atoms with Crippen molar-refractivity contribution in [3.05, 3.63) is 76.2 Å². The Balaban J connectivity index is 1.45. The predicted octanol–water partition coefficient (Wildman–Crippen LogP) is 2.79. The molecule has 10 nitrogen and oxygen atoms in total. The number of pyridine rings is 1. The lowest BCUT2D eigenvalue weighted by atomic mass is 10.1. The van der Waals surface area contributed by atoms with Crippen LogP contribution in [-0.4, -0.2) is 56.9 Å². The maximum absolute atomic E-state index is 12.8. The van der Waals surface area contributed by atoms with Gasteiger partial charge in [0, 0.05) is 44.5 Å². The van der Waals surface area contributed by atoms with E-state index in [-0.39, 0.29) is 17.2 Å². The molecule has 0 spiro atoms. The third-order valence-electron chi connectivity index (χ3n) is 4.97. The zero-order valence-corrected chi connectivity index (χ0v) is 16.9. The molecular weight excluding hydrogens is 398 g/mol. The number of piperazine rings is 1. The van der Waals surface area contributed by atoms with Gasteiger partial charge >= 0.3 is 0 Å². The van der Waals surface area contributed by atoms with Gasteiger partial charge in [-0.05, 0) is 25.1 Å². The van der Waals surface area contributed by atoms with Crippen molar-refractivity contribution in [1.29, 1.82) is 0 Å². The Morgan fingerprint density at radius 2 is 1.77 bits per heavy atom. The van der Waals surface area contributed by atoms with Crippen molar-refractivity contribution in [2.24, 2.45) is 0 Å². The van der Waals surface area contributed by atoms with Crippen molar-refractivity contribution in [1.82, 2.24) is 19.9 Å². The molecule has 0 radical (unpaired) electrons. The zero-order valence-electron chi connectivity index (χ0n) is 16.9. The van der Waals surface area contributed by atoms with Crippen molar-refractivity contribution in [3.8, 4) is 0 Å². The van der Waals surface area contributed by atoms with Gasteiger partial charge in [0.1, 0.15) is 28.8 Å². The van der Waals surface area contributed by atoms with Crippen LogP contribution in [0.15, 0.2) is 54.7 Å². The average Bonchev–Trinajstić information content (AvgIpc) is 2.79. The van der Waals surface area contributed by atoms with Crippen LogP contribution >= 0.6 is 0 Å². The molecule has 1 saturated heterocycles. The lowest BCUT2D eigenvalue weighted by Gasteiger charge is -2.35. The van der Waals surface area contributed by atoms with E-state index in [2.05, 4.69) is 25.2 Å². The second-order valence-electron chi connectivity index (χ2n) is 7.05. The topological polar surface area (TPSA) is 117 Å². The minimum Gasteiger partial charge on any atom is -0.353 e. The van der Waals surface area contributed by atoms with Crippen molar-refractivity contribution in [2.75, 3.05) is 36.4 Å². The second-order valence-corrected chi connectivity index (χ2v) is 7.05. The first kappa shape index (κ1) is 20.2. The molecule has 158 valence electrons. The van der Waals surface area contributed by atoms with Crippen LogP contribution in [0, 0.1) is 17.0 Å². The highest BCUT2D eigenvalue weighted by Crippen LogP contribution is 2.23. The van der Waals surface area contributed by atoms with Gasteiger partial charge in [-0.2, -0.15) is 0 Å². The summed E-state index contributed by atoms with van der Waals surface area (Å²) >= 11 is 0. The van der Waals surface area contributed by atoms with Crippen molar-refractivity contribution < 1.29 is 9.72 Å². The minimum atomic E-state index is -0.525. The summed E-state index contributed by atoms with van der Waals surface area (Å²) in [5, 5.41) is 14.4. The van der Waals surface area contributed by atoms with Gasteiger partial charge in [-0.25, -0.2) is 15.0 Å². The number of aromatic nitrogens is 3. The number of nitro benzene ring substituents is 1. The van der Waals surface area contributed by atoms with E-state index in [0.29, 0.717) is 43.6 Å². The third kappa shape index (κ3) is 4.58. The van der Waals surface area contributed by atoms with Crippen molar-refractivity contribution >= 4 is 29.0 Å². The molecule has 1 N–H and O–H groups in total. The summed E-state index contributed by atoms with van der Waals surface area (Å²) in [5.41, 5.74) is -0.0627. The Hall–Kier alpha value is -4.08. The molecule has 1 aliphatic rings. The molecule has 0 aliphatic carbocycles. The second kappa shape index (κ2) is 8.74. The Kier molecular flexibility index (Phi) is 5.69. The number of para-hydroxylation sites is 1. The normalized spacial score (nSPS) is 13.7. The molecule has 0 saturated carbocycles. The highest BCUT2D eigenvalue weighted by molar-refractivity contribution is 5.98. The van der Waals surface area contributed by atoms with E-state index in [1.54, 1.807) is 23.2 Å². The smallest absolute Gasteiger partial charge is 0.282 e. The number of carbonyl (C=O) groups excluding carboxylic acids is 1. The van der Waals surface area contributed by atoms with Crippen LogP contribution in [0.3, 0.4) is 0 Å². The number of benzene rings is 1. The van der Waals surface area contributed by atoms with Gasteiger partial charge in [-0.3, -0.25) is 14.9 Å². The van der Waals surface area contributed by atoms with E-state index in [0.717, 1.165) is 5.82 Å². The van der Waals surface area contributed by atoms with Crippen LogP contribution in [0.2, 0.25) is 0 Å². The first-order chi connectivity index (χ1) is 15.0. The van der Waals surface area contributed by atoms with Gasteiger partial charge in [-0.1, -0.05) is 18.2 Å². The number of anilines is 3. The number of hydrogen-bond donors (Lipinski definition) is 1. The van der Waals surface area contributed by atoms with E-state index in [4.69, 9.17) is 0 Å². The van der Waals surface area contributed by atoms with Crippen molar-refractivity contribution in [2.45, 2.75) is 6.92 Å². The summed E-state index contributed by atoms with van der Waals surface area (Å²) in [4.78, 5) is 40.5. The summed E-state index contributed by atoms with van der Waals surface area (Å²) in [6.45, 7) is 3.83. The molecule has 1 aromatic carbocycles. The molecule has 1 aliphatic heterocycles. The zero-order chi connectivity index (χ0) is 21.8. The number of aryl methyl sites for hydroxylation is 1. The van der Waals surface area contributed by atoms with Crippen LogP contribution in [0.5, 0.6) is 0 Å². The number of amides is 1. The summed E-state index contributed by atoms with van der Waals surface area (Å²) in [6.07, 6.45) is 1.70. The number of rotatable bonds is 5. The maximum atomic E-state index is 12.8. The Bertz CT molecular complexity index is 1100. The summed E-state index contributed by atoms with van der Waals surface area (Å²) in [5.74, 6) is 2.37. The number of nitro groups is 1. The third-order valence-corrected chi connectivity index (χ3v) is 4.97. The fraction of sp³-hybridized carbons (Fsp3) is 0.238. The van der Waals surface area contributed by atoms with Crippen LogP contribution in [-0.2, 0) is 0 Å². The Morgan fingerprint density at radius 3 is 2.48 bits per heavy atom. The van der Waals surface area contributed by atoms with E-state index < -0.39 is 4.92 Å². The maximum Gasteiger partial charge on any atom is 0.282 e. The Labute approximate surface area is 178 Å². The molecule has 1 fully saturated rings. The predicted molar refractivity (Wildman–Crippen MR) is 116 cm³/mol. The fourth-order valence-electron chi connectivity index (χ4n) is 3.47. The van der Waals surface area contributed by atoms with Gasteiger partial charge in [0.2, 0.25) is 0 Å². The molecule has 4 rings (SSSR count). The fourth-order valence-corrected chi connectivity index (χ4v) is 3.47. The van der Waals surface area contributed by atoms with E-state index in [1.165, 1.54) is 12.1 Å². The molecule has 3 aromatic rings. The van der Waals surface area contributed by atoms with Gasteiger partial charge in [0.25, 0.3) is 11.6 Å². The first-order valence-electron chi connectivity index (χ1n) is 9.82. The van der Waals surface area contributed by atoms with Crippen LogP contribution in [0.4, 0.5) is 23.1 Å². The standard InChI is InChI=1S/C21H21N7O3/c1-15-23-19(25-18-8-4-5-9-22-18)14-20(24-15)26-10-12-27(13-11-26)21(29)16-6-2-3-7-17(16)28(30)31/h2-9,14H,10-13H2,1H3,(H,22,23,24,25). The largest absolute Gasteiger partial charge is 0.353 e. The summed E-state index contributed by atoms with van der Waals surface area (Å²) < 4.78 is 0. The highest BCUT2D eigenvalue weighted by atomic mass is 16.6. The number of nitrogens with one attached hydrogen (secondary N) is 1. The summed E-state index contributed by atoms with van der Waals surface area (Å²) in [6, 6.07) is 13.5.